The Balaban J connectivity index is 2.82. The first kappa shape index (κ1) is 11.5. The van der Waals surface area contributed by atoms with Crippen LogP contribution in [0.15, 0.2) is 22.7 Å². The Morgan fingerprint density at radius 3 is 2.71 bits per heavy atom. The fourth-order valence-electron chi connectivity index (χ4n) is 1.15. The van der Waals surface area contributed by atoms with E-state index in [1.807, 2.05) is 0 Å². The summed E-state index contributed by atoms with van der Waals surface area (Å²) in [5.41, 5.74) is 0.782. The van der Waals surface area contributed by atoms with Crippen LogP contribution in [0.4, 0.5) is 4.39 Å². The second-order valence-corrected chi connectivity index (χ2v) is 4.19. The van der Waals surface area contributed by atoms with E-state index in [2.05, 4.69) is 22.0 Å². The molecule has 0 N–H and O–H groups in total. The summed E-state index contributed by atoms with van der Waals surface area (Å²) in [5, 5.41) is 8.69. The highest BCUT2D eigenvalue weighted by Crippen LogP contribution is 2.18. The molecule has 1 nitrogen and oxygen atoms in total. The molecular formula is C10H8BrClFN. The highest BCUT2D eigenvalue weighted by atomic mass is 79.9. The van der Waals surface area contributed by atoms with Gasteiger partial charge in [0.1, 0.15) is 5.82 Å². The summed E-state index contributed by atoms with van der Waals surface area (Å²) in [6, 6.07) is 6.66. The van der Waals surface area contributed by atoms with Crippen molar-refractivity contribution in [3.05, 3.63) is 34.1 Å². The molecule has 1 unspecified atom stereocenters. The number of alkyl halides is 1. The number of rotatable bonds is 3. The van der Waals surface area contributed by atoms with E-state index in [0.29, 0.717) is 10.9 Å². The molecule has 0 amide bonds. The molecule has 0 radical (unpaired) electrons. The van der Waals surface area contributed by atoms with Crippen molar-refractivity contribution in [2.24, 2.45) is 5.92 Å². The van der Waals surface area contributed by atoms with Crippen LogP contribution in [-0.4, -0.2) is 5.88 Å². The highest BCUT2D eigenvalue weighted by molar-refractivity contribution is 9.10. The van der Waals surface area contributed by atoms with E-state index in [1.165, 1.54) is 12.1 Å². The fraction of sp³-hybridized carbons (Fsp3) is 0.300. The summed E-state index contributed by atoms with van der Waals surface area (Å²) >= 11 is 8.76. The van der Waals surface area contributed by atoms with E-state index in [4.69, 9.17) is 16.9 Å². The topological polar surface area (TPSA) is 23.8 Å². The van der Waals surface area contributed by atoms with Gasteiger partial charge in [-0.05, 0) is 30.2 Å². The fourth-order valence-corrected chi connectivity index (χ4v) is 1.84. The molecule has 1 aromatic carbocycles. The van der Waals surface area contributed by atoms with Crippen molar-refractivity contribution in [3.63, 3.8) is 0 Å². The second kappa shape index (κ2) is 5.33. The predicted molar refractivity (Wildman–Crippen MR) is 57.6 cm³/mol. The molecule has 1 rings (SSSR count). The summed E-state index contributed by atoms with van der Waals surface area (Å²) in [6.45, 7) is 0. The minimum Gasteiger partial charge on any atom is -0.207 e. The van der Waals surface area contributed by atoms with Crippen molar-refractivity contribution < 1.29 is 4.39 Å². The van der Waals surface area contributed by atoms with Gasteiger partial charge in [0.15, 0.2) is 0 Å². The molecule has 0 saturated carbocycles. The van der Waals surface area contributed by atoms with E-state index >= 15 is 0 Å². The van der Waals surface area contributed by atoms with Gasteiger partial charge in [-0.3, -0.25) is 0 Å². The molecule has 1 aromatic rings. The predicted octanol–water partition coefficient (Wildman–Crippen LogP) is 3.51. The van der Waals surface area contributed by atoms with E-state index < -0.39 is 0 Å². The zero-order chi connectivity index (χ0) is 10.6. The van der Waals surface area contributed by atoms with Crippen LogP contribution >= 0.6 is 27.5 Å². The summed E-state index contributed by atoms with van der Waals surface area (Å²) < 4.78 is 13.6. The minimum absolute atomic E-state index is 0.259. The van der Waals surface area contributed by atoms with Crippen LogP contribution < -0.4 is 0 Å². The Kier molecular flexibility index (Phi) is 4.37. The third-order valence-corrected chi connectivity index (χ3v) is 2.60. The summed E-state index contributed by atoms with van der Waals surface area (Å²) in [5.74, 6) is -0.295. The molecule has 0 aliphatic rings. The van der Waals surface area contributed by atoms with Crippen LogP contribution in [0, 0.1) is 23.1 Å². The van der Waals surface area contributed by atoms with Crippen molar-refractivity contribution in [1.29, 1.82) is 5.26 Å². The number of halogens is 3. The van der Waals surface area contributed by atoms with Gasteiger partial charge in [-0.2, -0.15) is 5.26 Å². The monoisotopic (exact) mass is 275 g/mol. The van der Waals surface area contributed by atoms with Gasteiger partial charge >= 0.3 is 0 Å². The molecular weight excluding hydrogens is 268 g/mol. The van der Waals surface area contributed by atoms with Gasteiger partial charge < -0.3 is 0 Å². The minimum atomic E-state index is -0.305. The van der Waals surface area contributed by atoms with Crippen molar-refractivity contribution in [3.8, 4) is 6.07 Å². The van der Waals surface area contributed by atoms with Gasteiger partial charge in [0, 0.05) is 10.4 Å². The van der Waals surface area contributed by atoms with Crippen molar-refractivity contribution >= 4 is 27.5 Å². The lowest BCUT2D eigenvalue weighted by Gasteiger charge is -2.05. The summed E-state index contributed by atoms with van der Waals surface area (Å²) in [7, 11) is 0. The molecule has 0 heterocycles. The molecule has 0 fully saturated rings. The van der Waals surface area contributed by atoms with Gasteiger partial charge in [0.2, 0.25) is 0 Å². The SMILES string of the molecule is N#CC(CCl)Cc1cc(F)cc(Br)c1. The first-order chi connectivity index (χ1) is 6.65. The van der Waals surface area contributed by atoms with Crippen LogP contribution in [0.1, 0.15) is 5.56 Å². The lowest BCUT2D eigenvalue weighted by Crippen LogP contribution is -2.03. The zero-order valence-corrected chi connectivity index (χ0v) is 9.65. The Morgan fingerprint density at radius 2 is 2.21 bits per heavy atom. The number of hydrogen-bond acceptors (Lipinski definition) is 1. The third kappa shape index (κ3) is 3.28. The quantitative estimate of drug-likeness (QED) is 0.775. The van der Waals surface area contributed by atoms with Crippen LogP contribution in [-0.2, 0) is 6.42 Å². The molecule has 0 aliphatic carbocycles. The highest BCUT2D eigenvalue weighted by Gasteiger charge is 2.08. The average Bonchev–Trinajstić information content (AvgIpc) is 2.12. The van der Waals surface area contributed by atoms with Gasteiger partial charge in [-0.25, -0.2) is 4.39 Å². The van der Waals surface area contributed by atoms with Crippen LogP contribution in [0.3, 0.4) is 0 Å². The first-order valence-corrected chi connectivity index (χ1v) is 5.39. The molecule has 0 aromatic heterocycles. The van der Waals surface area contributed by atoms with Crippen molar-refractivity contribution in [1.82, 2.24) is 0 Å². The molecule has 4 heteroatoms. The first-order valence-electron chi connectivity index (χ1n) is 4.06. The smallest absolute Gasteiger partial charge is 0.124 e. The zero-order valence-electron chi connectivity index (χ0n) is 7.30. The maximum Gasteiger partial charge on any atom is 0.124 e. The van der Waals surface area contributed by atoms with Crippen LogP contribution in [0.2, 0.25) is 0 Å². The van der Waals surface area contributed by atoms with E-state index in [-0.39, 0.29) is 17.6 Å². The standard InChI is InChI=1S/C10H8BrClFN/c11-9-2-7(3-10(13)4-9)1-8(5-12)6-14/h2-4,8H,1,5H2. The van der Waals surface area contributed by atoms with Gasteiger partial charge in [-0.15, -0.1) is 11.6 Å². The maximum absolute atomic E-state index is 12.9. The lowest BCUT2D eigenvalue weighted by molar-refractivity contribution is 0.621. The average molecular weight is 277 g/mol. The third-order valence-electron chi connectivity index (χ3n) is 1.77. The second-order valence-electron chi connectivity index (χ2n) is 2.96. The molecule has 0 saturated heterocycles. The van der Waals surface area contributed by atoms with Crippen molar-refractivity contribution in [2.45, 2.75) is 6.42 Å². The van der Waals surface area contributed by atoms with Crippen LogP contribution in [0.5, 0.6) is 0 Å². The Morgan fingerprint density at radius 1 is 1.50 bits per heavy atom. The lowest BCUT2D eigenvalue weighted by atomic mass is 10.0. The van der Waals surface area contributed by atoms with E-state index in [1.54, 1.807) is 6.07 Å². The van der Waals surface area contributed by atoms with E-state index in [9.17, 15) is 4.39 Å². The molecule has 0 aliphatic heterocycles. The normalized spacial score (nSPS) is 12.1. The number of hydrogen-bond donors (Lipinski definition) is 0. The summed E-state index contributed by atoms with van der Waals surface area (Å²) in [4.78, 5) is 0. The Bertz CT molecular complexity index is 341. The largest absolute Gasteiger partial charge is 0.207 e. The van der Waals surface area contributed by atoms with Gasteiger partial charge in [-0.1, -0.05) is 15.9 Å². The molecule has 1 atom stereocenters. The Labute approximate surface area is 95.6 Å². The molecule has 14 heavy (non-hydrogen) atoms. The number of nitrogens with zero attached hydrogens (tertiary/aromatic N) is 1. The summed E-state index contributed by atoms with van der Waals surface area (Å²) in [6.07, 6.45) is 0.482. The Hall–Kier alpha value is -0.590. The molecule has 0 spiro atoms. The van der Waals surface area contributed by atoms with Crippen LogP contribution in [0.25, 0.3) is 0 Å². The van der Waals surface area contributed by atoms with Gasteiger partial charge in [0.05, 0.1) is 12.0 Å². The number of nitriles is 1. The van der Waals surface area contributed by atoms with Crippen molar-refractivity contribution in [2.75, 3.05) is 5.88 Å². The molecule has 74 valence electrons. The maximum atomic E-state index is 12.9. The molecule has 0 bridgehead atoms. The van der Waals surface area contributed by atoms with E-state index in [0.717, 1.165) is 5.56 Å². The van der Waals surface area contributed by atoms with Gasteiger partial charge in [0.25, 0.3) is 0 Å². The number of benzene rings is 1.